The average molecular weight is 294 g/mol. The maximum atomic E-state index is 12.1. The minimum atomic E-state index is -3.75. The zero-order valence-corrected chi connectivity index (χ0v) is 12.1. The Morgan fingerprint density at radius 2 is 2.11 bits per heavy atom. The second-order valence-electron chi connectivity index (χ2n) is 5.19. The normalized spacial score (nSPS) is 23.5. The number of aliphatic hydroxyl groups is 1. The number of carboxylic acid groups (broad SMARTS) is 1. The molecule has 8 heteroatoms. The van der Waals surface area contributed by atoms with Gasteiger partial charge in [-0.15, -0.1) is 0 Å². The van der Waals surface area contributed by atoms with Gasteiger partial charge in [0.1, 0.15) is 0 Å². The van der Waals surface area contributed by atoms with Crippen LogP contribution in [-0.4, -0.2) is 54.6 Å². The van der Waals surface area contributed by atoms with Gasteiger partial charge in [0.15, 0.2) is 0 Å². The monoisotopic (exact) mass is 294 g/mol. The zero-order chi connectivity index (χ0) is 14.6. The van der Waals surface area contributed by atoms with Gasteiger partial charge in [-0.2, -0.15) is 17.4 Å². The molecule has 2 unspecified atom stereocenters. The molecule has 0 bridgehead atoms. The van der Waals surface area contributed by atoms with Crippen LogP contribution in [0.15, 0.2) is 0 Å². The van der Waals surface area contributed by atoms with Gasteiger partial charge in [-0.1, -0.05) is 13.8 Å². The fraction of sp³-hybridized carbons (Fsp3) is 0.909. The molecule has 1 saturated heterocycles. The summed E-state index contributed by atoms with van der Waals surface area (Å²) < 4.78 is 27.9. The molecule has 0 amide bonds. The first-order valence-corrected chi connectivity index (χ1v) is 7.83. The van der Waals surface area contributed by atoms with E-state index in [2.05, 4.69) is 4.72 Å². The molecule has 7 nitrogen and oxygen atoms in total. The van der Waals surface area contributed by atoms with Gasteiger partial charge in [-0.3, -0.25) is 4.79 Å². The van der Waals surface area contributed by atoms with Crippen molar-refractivity contribution < 1.29 is 23.4 Å². The van der Waals surface area contributed by atoms with Gasteiger partial charge in [0.25, 0.3) is 10.2 Å². The largest absolute Gasteiger partial charge is 0.481 e. The van der Waals surface area contributed by atoms with Gasteiger partial charge in [0.2, 0.25) is 0 Å². The summed E-state index contributed by atoms with van der Waals surface area (Å²) in [6, 6.07) is -0.560. The molecule has 0 spiro atoms. The van der Waals surface area contributed by atoms with E-state index in [0.29, 0.717) is 19.4 Å². The number of rotatable bonds is 6. The summed E-state index contributed by atoms with van der Waals surface area (Å²) >= 11 is 0. The third-order valence-corrected chi connectivity index (χ3v) is 4.99. The molecule has 1 heterocycles. The van der Waals surface area contributed by atoms with Crippen LogP contribution >= 0.6 is 0 Å². The van der Waals surface area contributed by atoms with Crippen LogP contribution in [0.1, 0.15) is 26.7 Å². The lowest BCUT2D eigenvalue weighted by molar-refractivity contribution is -0.142. The number of nitrogens with zero attached hydrogens (tertiary/aromatic N) is 1. The lowest BCUT2D eigenvalue weighted by Crippen LogP contribution is -2.52. The Balaban J connectivity index is 2.74. The molecule has 0 saturated carbocycles. The highest BCUT2D eigenvalue weighted by atomic mass is 32.2. The van der Waals surface area contributed by atoms with Crippen molar-refractivity contribution in [1.82, 2.24) is 9.03 Å². The minimum Gasteiger partial charge on any atom is -0.481 e. The van der Waals surface area contributed by atoms with Gasteiger partial charge in [-0.25, -0.2) is 0 Å². The van der Waals surface area contributed by atoms with E-state index < -0.39 is 28.1 Å². The number of piperidine rings is 1. The summed E-state index contributed by atoms with van der Waals surface area (Å²) in [4.78, 5) is 10.9. The molecule has 1 aliphatic rings. The minimum absolute atomic E-state index is 0.0130. The number of carbonyl (C=O) groups is 1. The Hall–Kier alpha value is -0.700. The lowest BCUT2D eigenvalue weighted by Gasteiger charge is -2.31. The van der Waals surface area contributed by atoms with Gasteiger partial charge in [0, 0.05) is 19.1 Å². The molecule has 3 N–H and O–H groups in total. The quantitative estimate of drug-likeness (QED) is 0.620. The fourth-order valence-corrected chi connectivity index (χ4v) is 3.64. The van der Waals surface area contributed by atoms with E-state index in [1.807, 2.05) is 0 Å². The molecule has 2 atom stereocenters. The van der Waals surface area contributed by atoms with Crippen LogP contribution in [0.5, 0.6) is 0 Å². The molecule has 0 aromatic carbocycles. The van der Waals surface area contributed by atoms with Crippen molar-refractivity contribution in [3.8, 4) is 0 Å². The smallest absolute Gasteiger partial charge is 0.307 e. The van der Waals surface area contributed by atoms with Crippen molar-refractivity contribution >= 4 is 16.2 Å². The Morgan fingerprint density at radius 1 is 1.47 bits per heavy atom. The highest BCUT2D eigenvalue weighted by molar-refractivity contribution is 7.87. The molecule has 0 aromatic rings. The van der Waals surface area contributed by atoms with E-state index in [-0.39, 0.29) is 19.1 Å². The predicted molar refractivity (Wildman–Crippen MR) is 69.7 cm³/mol. The van der Waals surface area contributed by atoms with Gasteiger partial charge in [-0.05, 0) is 18.8 Å². The topological polar surface area (TPSA) is 107 Å². The number of carboxylic acids is 1. The van der Waals surface area contributed by atoms with Crippen molar-refractivity contribution in [1.29, 1.82) is 0 Å². The fourth-order valence-electron chi connectivity index (χ4n) is 2.01. The third kappa shape index (κ3) is 4.41. The van der Waals surface area contributed by atoms with Crippen LogP contribution in [-0.2, 0) is 15.0 Å². The van der Waals surface area contributed by atoms with E-state index in [9.17, 15) is 13.2 Å². The highest BCUT2D eigenvalue weighted by Crippen LogP contribution is 2.19. The van der Waals surface area contributed by atoms with E-state index in [4.69, 9.17) is 10.2 Å². The Bertz CT molecular complexity index is 409. The first kappa shape index (κ1) is 16.4. The molecule has 0 aliphatic carbocycles. The second-order valence-corrected chi connectivity index (χ2v) is 6.89. The molecule has 19 heavy (non-hydrogen) atoms. The molecule has 0 radical (unpaired) electrons. The number of hydrogen-bond acceptors (Lipinski definition) is 4. The number of aliphatic carboxylic acids is 1. The van der Waals surface area contributed by atoms with E-state index in [0.717, 1.165) is 4.31 Å². The average Bonchev–Trinajstić information content (AvgIpc) is 2.35. The molecule has 112 valence electrons. The summed E-state index contributed by atoms with van der Waals surface area (Å²) in [5, 5.41) is 18.1. The lowest BCUT2D eigenvalue weighted by atomic mass is 10.0. The maximum Gasteiger partial charge on any atom is 0.307 e. The SMILES string of the molecule is CC(C)C(CO)NS(=O)(=O)N1CCCC(C(=O)O)C1. The summed E-state index contributed by atoms with van der Waals surface area (Å²) in [6.45, 7) is 3.63. The van der Waals surface area contributed by atoms with Crippen LogP contribution in [0.3, 0.4) is 0 Å². The van der Waals surface area contributed by atoms with Crippen LogP contribution in [0.25, 0.3) is 0 Å². The third-order valence-electron chi connectivity index (χ3n) is 3.38. The zero-order valence-electron chi connectivity index (χ0n) is 11.2. The summed E-state index contributed by atoms with van der Waals surface area (Å²) in [6.07, 6.45) is 1.03. The van der Waals surface area contributed by atoms with Gasteiger partial charge >= 0.3 is 5.97 Å². The maximum absolute atomic E-state index is 12.1. The first-order chi connectivity index (χ1) is 8.77. The van der Waals surface area contributed by atoms with Gasteiger partial charge in [0.05, 0.1) is 12.5 Å². The van der Waals surface area contributed by atoms with Crippen molar-refractivity contribution in [3.05, 3.63) is 0 Å². The molecule has 0 aromatic heterocycles. The molecular weight excluding hydrogens is 272 g/mol. The van der Waals surface area contributed by atoms with Crippen molar-refractivity contribution in [2.75, 3.05) is 19.7 Å². The van der Waals surface area contributed by atoms with Crippen LogP contribution < -0.4 is 4.72 Å². The van der Waals surface area contributed by atoms with Crippen molar-refractivity contribution in [2.24, 2.45) is 11.8 Å². The van der Waals surface area contributed by atoms with E-state index >= 15 is 0 Å². The Morgan fingerprint density at radius 3 is 2.58 bits per heavy atom. The summed E-state index contributed by atoms with van der Waals surface area (Å²) in [5.41, 5.74) is 0. The standard InChI is InChI=1S/C11H22N2O5S/c1-8(2)10(7-14)12-19(17,18)13-5-3-4-9(6-13)11(15)16/h8-10,12,14H,3-7H2,1-2H3,(H,15,16). The van der Waals surface area contributed by atoms with Crippen molar-refractivity contribution in [2.45, 2.75) is 32.7 Å². The van der Waals surface area contributed by atoms with Crippen LogP contribution in [0.2, 0.25) is 0 Å². The van der Waals surface area contributed by atoms with Gasteiger partial charge < -0.3 is 10.2 Å². The second kappa shape index (κ2) is 6.65. The summed E-state index contributed by atoms with van der Waals surface area (Å²) in [7, 11) is -3.75. The summed E-state index contributed by atoms with van der Waals surface area (Å²) in [5.74, 6) is -1.67. The molecule has 1 fully saturated rings. The van der Waals surface area contributed by atoms with Crippen LogP contribution in [0, 0.1) is 11.8 Å². The molecular formula is C11H22N2O5S. The first-order valence-electron chi connectivity index (χ1n) is 6.39. The number of aliphatic hydroxyl groups excluding tert-OH is 1. The number of nitrogens with one attached hydrogen (secondary N) is 1. The molecule has 1 aliphatic heterocycles. The predicted octanol–water partition coefficient (Wildman–Crippen LogP) is -0.366. The highest BCUT2D eigenvalue weighted by Gasteiger charge is 2.33. The van der Waals surface area contributed by atoms with E-state index in [1.54, 1.807) is 13.8 Å². The van der Waals surface area contributed by atoms with Crippen LogP contribution in [0.4, 0.5) is 0 Å². The molecule has 1 rings (SSSR count). The number of hydrogen-bond donors (Lipinski definition) is 3. The Kier molecular flexibility index (Phi) is 5.72. The van der Waals surface area contributed by atoms with E-state index in [1.165, 1.54) is 0 Å². The Labute approximate surface area is 113 Å². The van der Waals surface area contributed by atoms with Crippen molar-refractivity contribution in [3.63, 3.8) is 0 Å².